The Labute approximate surface area is 121 Å². The summed E-state index contributed by atoms with van der Waals surface area (Å²) in [5, 5.41) is 8.78. The van der Waals surface area contributed by atoms with E-state index in [0.29, 0.717) is 6.61 Å². The Morgan fingerprint density at radius 1 is 1.50 bits per heavy atom. The largest absolute Gasteiger partial charge is 0.392 e. The molecule has 2 rings (SSSR count). The Morgan fingerprint density at radius 3 is 2.85 bits per heavy atom. The minimum Gasteiger partial charge on any atom is -0.392 e. The van der Waals surface area contributed by atoms with E-state index in [1.54, 1.807) is 0 Å². The highest BCUT2D eigenvalue weighted by Crippen LogP contribution is 2.24. The molecule has 2 N–H and O–H groups in total. The summed E-state index contributed by atoms with van der Waals surface area (Å²) in [4.78, 5) is -0.263. The first-order valence-electron chi connectivity index (χ1n) is 6.14. The lowest BCUT2D eigenvalue weighted by Gasteiger charge is -2.12. The lowest BCUT2D eigenvalue weighted by molar-refractivity contribution is 0.114. The molecule has 1 aromatic rings. The molecule has 1 aliphatic heterocycles. The zero-order valence-corrected chi connectivity index (χ0v) is 12.2. The minimum absolute atomic E-state index is 0.0316. The van der Waals surface area contributed by atoms with Gasteiger partial charge in [0.25, 0.3) is 0 Å². The van der Waals surface area contributed by atoms with Gasteiger partial charge < -0.3 is 9.84 Å². The number of benzene rings is 1. The van der Waals surface area contributed by atoms with Crippen molar-refractivity contribution in [1.29, 1.82) is 0 Å². The summed E-state index contributed by atoms with van der Waals surface area (Å²) < 4.78 is 45.3. The fourth-order valence-corrected chi connectivity index (χ4v) is 3.28. The van der Waals surface area contributed by atoms with Crippen molar-refractivity contribution < 1.29 is 22.7 Å². The monoisotopic (exact) mass is 323 g/mol. The van der Waals surface area contributed by atoms with Crippen LogP contribution in [0.5, 0.6) is 0 Å². The fraction of sp³-hybridized carbons (Fsp3) is 0.500. The van der Waals surface area contributed by atoms with E-state index in [0.717, 1.165) is 25.0 Å². The predicted octanol–water partition coefficient (Wildman–Crippen LogP) is 1.43. The summed E-state index contributed by atoms with van der Waals surface area (Å²) in [7, 11) is -3.86. The third-order valence-electron chi connectivity index (χ3n) is 3.08. The van der Waals surface area contributed by atoms with Crippen LogP contribution in [0.15, 0.2) is 17.0 Å². The van der Waals surface area contributed by atoms with Crippen LogP contribution in [-0.4, -0.2) is 32.8 Å². The SMILES string of the molecule is O=S(=O)(NCC1CCCO1)c1cc(F)c(Cl)c(CO)c1. The Bertz CT molecular complexity index is 587. The van der Waals surface area contributed by atoms with Crippen LogP contribution in [0.1, 0.15) is 18.4 Å². The van der Waals surface area contributed by atoms with Crippen molar-refractivity contribution in [2.24, 2.45) is 0 Å². The Kier molecular flexibility index (Phi) is 4.98. The van der Waals surface area contributed by atoms with Gasteiger partial charge in [0.15, 0.2) is 0 Å². The molecule has 1 saturated heterocycles. The van der Waals surface area contributed by atoms with Crippen molar-refractivity contribution in [3.05, 3.63) is 28.5 Å². The maximum Gasteiger partial charge on any atom is 0.240 e. The van der Waals surface area contributed by atoms with Gasteiger partial charge in [-0.3, -0.25) is 0 Å². The van der Waals surface area contributed by atoms with Gasteiger partial charge in [-0.15, -0.1) is 0 Å². The van der Waals surface area contributed by atoms with Crippen molar-refractivity contribution in [2.45, 2.75) is 30.4 Å². The standard InChI is InChI=1S/C12H15ClFNO4S/c13-12-8(7-16)4-10(5-11(12)14)20(17,18)15-6-9-2-1-3-19-9/h4-5,9,15-16H,1-3,6-7H2. The minimum atomic E-state index is -3.86. The molecule has 1 aromatic carbocycles. The number of halogens is 2. The number of aliphatic hydroxyl groups is 1. The number of aliphatic hydroxyl groups excluding tert-OH is 1. The second-order valence-corrected chi connectivity index (χ2v) is 6.67. The van der Waals surface area contributed by atoms with Gasteiger partial charge >= 0.3 is 0 Å². The molecule has 112 valence electrons. The molecular formula is C12H15ClFNO4S. The van der Waals surface area contributed by atoms with Crippen LogP contribution >= 0.6 is 11.6 Å². The van der Waals surface area contributed by atoms with Crippen LogP contribution in [0, 0.1) is 5.82 Å². The number of rotatable bonds is 5. The summed E-state index contributed by atoms with van der Waals surface area (Å²) in [6.45, 7) is 0.225. The van der Waals surface area contributed by atoms with Crippen LogP contribution in [0.25, 0.3) is 0 Å². The van der Waals surface area contributed by atoms with E-state index in [4.69, 9.17) is 21.4 Å². The zero-order chi connectivity index (χ0) is 14.8. The van der Waals surface area contributed by atoms with Gasteiger partial charge in [-0.05, 0) is 25.0 Å². The molecule has 0 aliphatic carbocycles. The second-order valence-electron chi connectivity index (χ2n) is 4.52. The quantitative estimate of drug-likeness (QED) is 0.859. The Morgan fingerprint density at radius 2 is 2.25 bits per heavy atom. The van der Waals surface area contributed by atoms with Crippen molar-refractivity contribution >= 4 is 21.6 Å². The van der Waals surface area contributed by atoms with E-state index in [2.05, 4.69) is 4.72 Å². The lowest BCUT2D eigenvalue weighted by Crippen LogP contribution is -2.32. The van der Waals surface area contributed by atoms with E-state index >= 15 is 0 Å². The van der Waals surface area contributed by atoms with Crippen LogP contribution in [0.2, 0.25) is 5.02 Å². The van der Waals surface area contributed by atoms with Crippen molar-refractivity contribution in [2.75, 3.05) is 13.2 Å². The molecule has 0 amide bonds. The molecule has 1 atom stereocenters. The highest BCUT2D eigenvalue weighted by molar-refractivity contribution is 7.89. The van der Waals surface area contributed by atoms with Gasteiger partial charge in [0.1, 0.15) is 5.82 Å². The number of ether oxygens (including phenoxy) is 1. The summed E-state index contributed by atoms with van der Waals surface area (Å²) in [5.41, 5.74) is 0.0316. The highest BCUT2D eigenvalue weighted by atomic mass is 35.5. The number of sulfonamides is 1. The number of nitrogens with one attached hydrogen (secondary N) is 1. The molecule has 0 aromatic heterocycles. The van der Waals surface area contributed by atoms with E-state index in [-0.39, 0.29) is 28.1 Å². The molecule has 1 unspecified atom stereocenters. The van der Waals surface area contributed by atoms with E-state index < -0.39 is 22.4 Å². The van der Waals surface area contributed by atoms with Gasteiger partial charge in [0, 0.05) is 18.7 Å². The maximum atomic E-state index is 13.5. The molecule has 1 heterocycles. The van der Waals surface area contributed by atoms with Crippen LogP contribution in [-0.2, 0) is 21.4 Å². The number of hydrogen-bond donors (Lipinski definition) is 2. The van der Waals surface area contributed by atoms with Gasteiger partial charge in [-0.25, -0.2) is 17.5 Å². The smallest absolute Gasteiger partial charge is 0.240 e. The van der Waals surface area contributed by atoms with Gasteiger partial charge in [-0.2, -0.15) is 0 Å². The summed E-state index contributed by atoms with van der Waals surface area (Å²) in [5.74, 6) is -0.879. The normalized spacial score (nSPS) is 19.4. The van der Waals surface area contributed by atoms with Crippen LogP contribution in [0.3, 0.4) is 0 Å². The fourth-order valence-electron chi connectivity index (χ4n) is 1.98. The highest BCUT2D eigenvalue weighted by Gasteiger charge is 2.22. The predicted molar refractivity (Wildman–Crippen MR) is 71.5 cm³/mol. The Hall–Kier alpha value is -0.730. The molecule has 1 fully saturated rings. The number of hydrogen-bond acceptors (Lipinski definition) is 4. The topological polar surface area (TPSA) is 75.6 Å². The first-order valence-corrected chi connectivity index (χ1v) is 8.00. The molecular weight excluding hydrogens is 309 g/mol. The lowest BCUT2D eigenvalue weighted by atomic mass is 10.2. The van der Waals surface area contributed by atoms with Crippen molar-refractivity contribution in [1.82, 2.24) is 4.72 Å². The molecule has 5 nitrogen and oxygen atoms in total. The summed E-state index contributed by atoms with van der Waals surface area (Å²) >= 11 is 5.63. The first kappa shape index (κ1) is 15.7. The summed E-state index contributed by atoms with van der Waals surface area (Å²) in [6.07, 6.45) is 1.54. The first-order chi connectivity index (χ1) is 9.44. The molecule has 0 radical (unpaired) electrons. The van der Waals surface area contributed by atoms with Gasteiger partial charge in [-0.1, -0.05) is 11.6 Å². The van der Waals surface area contributed by atoms with Gasteiger partial charge in [0.05, 0.1) is 22.6 Å². The molecule has 0 spiro atoms. The molecule has 20 heavy (non-hydrogen) atoms. The zero-order valence-electron chi connectivity index (χ0n) is 10.6. The van der Waals surface area contributed by atoms with Crippen LogP contribution < -0.4 is 4.72 Å². The Balaban J connectivity index is 2.18. The molecule has 8 heteroatoms. The maximum absolute atomic E-state index is 13.5. The molecule has 0 saturated carbocycles. The molecule has 0 bridgehead atoms. The van der Waals surface area contributed by atoms with E-state index in [9.17, 15) is 12.8 Å². The second kappa shape index (κ2) is 6.36. The third-order valence-corrected chi connectivity index (χ3v) is 4.91. The van der Waals surface area contributed by atoms with Crippen molar-refractivity contribution in [3.8, 4) is 0 Å². The van der Waals surface area contributed by atoms with Gasteiger partial charge in [0.2, 0.25) is 10.0 Å². The van der Waals surface area contributed by atoms with Crippen LogP contribution in [0.4, 0.5) is 4.39 Å². The molecule has 1 aliphatic rings. The van der Waals surface area contributed by atoms with Crippen molar-refractivity contribution in [3.63, 3.8) is 0 Å². The average Bonchev–Trinajstić information content (AvgIpc) is 2.92. The van der Waals surface area contributed by atoms with E-state index in [1.165, 1.54) is 0 Å². The third kappa shape index (κ3) is 3.48. The summed E-state index contributed by atoms with van der Waals surface area (Å²) in [6, 6.07) is 1.99. The van der Waals surface area contributed by atoms with E-state index in [1.807, 2.05) is 0 Å². The average molecular weight is 324 g/mol.